The number of amides is 1. The second-order valence-electron chi connectivity index (χ2n) is 10.7. The molecule has 1 amide bonds. The summed E-state index contributed by atoms with van der Waals surface area (Å²) in [4.78, 5) is 33.2. The first-order valence-electron chi connectivity index (χ1n) is 15.0. The third-order valence-corrected chi connectivity index (χ3v) is 9.11. The molecule has 47 heavy (non-hydrogen) atoms. The van der Waals surface area contributed by atoms with E-state index in [0.717, 1.165) is 21.2 Å². The van der Waals surface area contributed by atoms with Crippen molar-refractivity contribution in [2.24, 2.45) is 4.99 Å². The van der Waals surface area contributed by atoms with Gasteiger partial charge in [0.25, 0.3) is 11.5 Å². The number of nitrogens with zero attached hydrogens (tertiary/aromatic N) is 2. The fourth-order valence-electron chi connectivity index (χ4n) is 5.35. The van der Waals surface area contributed by atoms with Crippen LogP contribution in [0.2, 0.25) is 0 Å². The molecule has 0 saturated carbocycles. The number of aromatic nitrogens is 1. The van der Waals surface area contributed by atoms with Crippen molar-refractivity contribution in [1.29, 1.82) is 0 Å². The van der Waals surface area contributed by atoms with Gasteiger partial charge in [-0.3, -0.25) is 14.2 Å². The minimum absolute atomic E-state index is 0.250. The SMILES string of the molecule is CCOc1ccc([C@H]2C(C(=O)Nc3ccccc3)=C(C)N=c3s/c(=C\c4ccc(OCc5ccc(Br)cc5)c(OC)c4)c(=O)n32)cc1. The molecule has 0 saturated heterocycles. The van der Waals surface area contributed by atoms with Crippen LogP contribution in [-0.4, -0.2) is 24.2 Å². The Morgan fingerprint density at radius 1 is 0.979 bits per heavy atom. The van der Waals surface area contributed by atoms with Crippen molar-refractivity contribution in [2.75, 3.05) is 19.0 Å². The van der Waals surface area contributed by atoms with Gasteiger partial charge in [-0.1, -0.05) is 75.8 Å². The third-order valence-electron chi connectivity index (χ3n) is 7.60. The molecule has 1 N–H and O–H groups in total. The molecule has 0 spiro atoms. The van der Waals surface area contributed by atoms with Gasteiger partial charge in [-0.05, 0) is 85.1 Å². The number of ether oxygens (including phenoxy) is 3. The van der Waals surface area contributed by atoms with Crippen LogP contribution in [0.3, 0.4) is 0 Å². The molecule has 1 aliphatic heterocycles. The Balaban J connectivity index is 1.37. The summed E-state index contributed by atoms with van der Waals surface area (Å²) in [5.74, 6) is 1.52. The number of halogens is 1. The average molecular weight is 711 g/mol. The molecule has 1 aliphatic rings. The van der Waals surface area contributed by atoms with Gasteiger partial charge in [0, 0.05) is 10.2 Å². The van der Waals surface area contributed by atoms with Gasteiger partial charge >= 0.3 is 0 Å². The second-order valence-corrected chi connectivity index (χ2v) is 12.7. The monoisotopic (exact) mass is 709 g/mol. The number of thiazole rings is 1. The lowest BCUT2D eigenvalue weighted by Gasteiger charge is -2.25. The van der Waals surface area contributed by atoms with Crippen LogP contribution in [0.1, 0.15) is 36.6 Å². The summed E-state index contributed by atoms with van der Waals surface area (Å²) in [6.07, 6.45) is 1.81. The summed E-state index contributed by atoms with van der Waals surface area (Å²) in [6.45, 7) is 4.63. The summed E-state index contributed by atoms with van der Waals surface area (Å²) < 4.78 is 20.4. The maximum Gasteiger partial charge on any atom is 0.271 e. The molecular formula is C37H32BrN3O5S. The third kappa shape index (κ3) is 7.08. The average Bonchev–Trinajstić information content (AvgIpc) is 3.38. The summed E-state index contributed by atoms with van der Waals surface area (Å²) in [5, 5.41) is 2.98. The maximum absolute atomic E-state index is 14.2. The Morgan fingerprint density at radius 3 is 2.43 bits per heavy atom. The van der Waals surface area contributed by atoms with Crippen molar-refractivity contribution in [3.63, 3.8) is 0 Å². The van der Waals surface area contributed by atoms with Gasteiger partial charge in [-0.15, -0.1) is 0 Å². The second kappa shape index (κ2) is 14.2. The van der Waals surface area contributed by atoms with Crippen LogP contribution in [0.25, 0.3) is 6.08 Å². The van der Waals surface area contributed by atoms with Crippen molar-refractivity contribution in [2.45, 2.75) is 26.5 Å². The number of hydrogen-bond donors (Lipinski definition) is 1. The molecule has 1 atom stereocenters. The highest BCUT2D eigenvalue weighted by Crippen LogP contribution is 2.32. The van der Waals surface area contributed by atoms with Crippen molar-refractivity contribution >= 4 is 44.9 Å². The van der Waals surface area contributed by atoms with E-state index in [-0.39, 0.29) is 11.5 Å². The van der Waals surface area contributed by atoms with E-state index < -0.39 is 6.04 Å². The molecule has 10 heteroatoms. The van der Waals surface area contributed by atoms with Crippen LogP contribution in [0, 0.1) is 0 Å². The Bertz CT molecular complexity index is 2120. The van der Waals surface area contributed by atoms with Crippen LogP contribution in [0.4, 0.5) is 5.69 Å². The summed E-state index contributed by atoms with van der Waals surface area (Å²) >= 11 is 4.73. The number of benzene rings is 4. The number of anilines is 1. The van der Waals surface area contributed by atoms with E-state index in [1.54, 1.807) is 18.6 Å². The number of hydrogen-bond acceptors (Lipinski definition) is 7. The van der Waals surface area contributed by atoms with Crippen LogP contribution in [0.5, 0.6) is 17.2 Å². The Morgan fingerprint density at radius 2 is 1.72 bits per heavy atom. The van der Waals surface area contributed by atoms with Crippen LogP contribution in [-0.2, 0) is 11.4 Å². The van der Waals surface area contributed by atoms with Crippen molar-refractivity contribution in [1.82, 2.24) is 4.57 Å². The van der Waals surface area contributed by atoms with Crippen LogP contribution in [0.15, 0.2) is 123 Å². The van der Waals surface area contributed by atoms with Gasteiger partial charge in [-0.25, -0.2) is 4.99 Å². The predicted molar refractivity (Wildman–Crippen MR) is 188 cm³/mol. The zero-order valence-corrected chi connectivity index (χ0v) is 28.4. The number of carbonyl (C=O) groups excluding carboxylic acids is 1. The summed E-state index contributed by atoms with van der Waals surface area (Å²) in [6, 6.07) is 29.5. The lowest BCUT2D eigenvalue weighted by molar-refractivity contribution is -0.113. The molecule has 0 aliphatic carbocycles. The van der Waals surface area contributed by atoms with Crippen LogP contribution < -0.4 is 34.4 Å². The Hall–Kier alpha value is -4.93. The molecule has 0 unspecified atom stereocenters. The van der Waals surface area contributed by atoms with Gasteiger partial charge in [0.05, 0.1) is 35.6 Å². The lowest BCUT2D eigenvalue weighted by atomic mass is 9.95. The van der Waals surface area contributed by atoms with Crippen LogP contribution >= 0.6 is 27.3 Å². The molecule has 1 aromatic heterocycles. The molecule has 6 rings (SSSR count). The molecule has 2 heterocycles. The van der Waals surface area contributed by atoms with Crippen molar-refractivity contribution < 1.29 is 19.0 Å². The van der Waals surface area contributed by atoms with E-state index in [2.05, 4.69) is 21.2 Å². The molecular weight excluding hydrogens is 678 g/mol. The van der Waals surface area contributed by atoms with Gasteiger partial charge < -0.3 is 19.5 Å². The zero-order valence-electron chi connectivity index (χ0n) is 26.0. The van der Waals surface area contributed by atoms with E-state index >= 15 is 0 Å². The maximum atomic E-state index is 14.2. The molecule has 0 radical (unpaired) electrons. The number of para-hydroxylation sites is 1. The van der Waals surface area contributed by atoms with Crippen molar-refractivity contribution in [3.8, 4) is 17.2 Å². The molecule has 0 bridgehead atoms. The number of nitrogens with one attached hydrogen (secondary N) is 1. The van der Waals surface area contributed by atoms with E-state index in [1.807, 2.05) is 110 Å². The van der Waals surface area contributed by atoms with Gasteiger partial charge in [0.15, 0.2) is 16.3 Å². The molecule has 5 aromatic rings. The zero-order chi connectivity index (χ0) is 32.9. The molecule has 0 fully saturated rings. The Kier molecular flexibility index (Phi) is 9.70. The van der Waals surface area contributed by atoms with Gasteiger partial charge in [0.2, 0.25) is 0 Å². The molecule has 238 valence electrons. The normalized spacial score (nSPS) is 14.3. The number of carbonyl (C=O) groups is 1. The number of rotatable bonds is 10. The topological polar surface area (TPSA) is 91.2 Å². The van der Waals surface area contributed by atoms with E-state index in [0.29, 0.717) is 56.8 Å². The fourth-order valence-corrected chi connectivity index (χ4v) is 6.66. The van der Waals surface area contributed by atoms with Crippen molar-refractivity contribution in [3.05, 3.63) is 149 Å². The largest absolute Gasteiger partial charge is 0.494 e. The van der Waals surface area contributed by atoms with E-state index in [1.165, 1.54) is 11.3 Å². The minimum Gasteiger partial charge on any atom is -0.494 e. The first-order chi connectivity index (χ1) is 22.8. The standard InChI is InChI=1S/C37H32BrN3O5S/c1-4-45-29-17-13-26(14-18-29)34-33(35(42)40-28-8-6-5-7-9-28)23(2)39-37-41(34)36(43)32(47-37)21-25-12-19-30(31(20-25)44-3)46-22-24-10-15-27(38)16-11-24/h5-21,34H,4,22H2,1-3H3,(H,40,42)/b32-21-/t34-/m0/s1. The van der Waals surface area contributed by atoms with Gasteiger partial charge in [-0.2, -0.15) is 0 Å². The predicted octanol–water partition coefficient (Wildman–Crippen LogP) is 6.62. The lowest BCUT2D eigenvalue weighted by Crippen LogP contribution is -2.40. The summed E-state index contributed by atoms with van der Waals surface area (Å²) in [5.41, 5.74) is 3.89. The first-order valence-corrected chi connectivity index (χ1v) is 16.6. The first kappa shape index (κ1) is 32.0. The Labute approximate surface area is 284 Å². The molecule has 4 aromatic carbocycles. The highest BCUT2D eigenvalue weighted by Gasteiger charge is 2.32. The van der Waals surface area contributed by atoms with E-state index in [9.17, 15) is 9.59 Å². The number of allylic oxidation sites excluding steroid dienone is 1. The number of methoxy groups -OCH3 is 1. The van der Waals surface area contributed by atoms with E-state index in [4.69, 9.17) is 19.2 Å². The minimum atomic E-state index is -0.697. The fraction of sp³-hybridized carbons (Fsp3) is 0.162. The highest BCUT2D eigenvalue weighted by molar-refractivity contribution is 9.10. The smallest absolute Gasteiger partial charge is 0.271 e. The highest BCUT2D eigenvalue weighted by atomic mass is 79.9. The summed E-state index contributed by atoms with van der Waals surface area (Å²) in [7, 11) is 1.58. The number of fused-ring (bicyclic) bond motifs is 1. The molecule has 8 nitrogen and oxygen atoms in total. The quantitative estimate of drug-likeness (QED) is 0.176. The van der Waals surface area contributed by atoms with Gasteiger partial charge in [0.1, 0.15) is 12.4 Å².